The molecule has 0 aliphatic carbocycles. The number of nitrogens with one attached hydrogen (secondary N) is 1. The van der Waals surface area contributed by atoms with Crippen molar-refractivity contribution in [1.29, 1.82) is 0 Å². The standard InChI is InChI=1S/C21H16ClF2N3O5/c1-31-21(30)12-9-27(4-5-28)20(29)18(12)25-10-2-3-17-16(6-10)26-19(32-17)11-7-14(23)15(24)8-13(11)22/h2-3,6-8,25,28H,4-5,9H2,1H3. The number of rotatable bonds is 6. The SMILES string of the molecule is COC(=O)C1=C(Nc2ccc3oc(-c4cc(F)c(F)cc4Cl)nc3c2)C(=O)N(CCO)C1. The molecule has 0 radical (unpaired) electrons. The summed E-state index contributed by atoms with van der Waals surface area (Å²) < 4.78 is 37.3. The maximum absolute atomic E-state index is 13.6. The van der Waals surface area contributed by atoms with Gasteiger partial charge in [-0.3, -0.25) is 4.79 Å². The van der Waals surface area contributed by atoms with Crippen molar-refractivity contribution in [2.45, 2.75) is 0 Å². The molecule has 1 amide bonds. The number of esters is 1. The molecule has 0 saturated heterocycles. The van der Waals surface area contributed by atoms with Gasteiger partial charge in [0, 0.05) is 12.2 Å². The fraction of sp³-hybridized carbons (Fsp3) is 0.190. The Morgan fingerprint density at radius 2 is 2.06 bits per heavy atom. The first kappa shape index (κ1) is 21.7. The molecule has 11 heteroatoms. The van der Waals surface area contributed by atoms with E-state index in [-0.39, 0.29) is 47.4 Å². The van der Waals surface area contributed by atoms with Crippen molar-refractivity contribution in [3.63, 3.8) is 0 Å². The maximum atomic E-state index is 13.6. The minimum Gasteiger partial charge on any atom is -0.466 e. The maximum Gasteiger partial charge on any atom is 0.337 e. The second-order valence-corrected chi connectivity index (χ2v) is 7.28. The fourth-order valence-corrected chi connectivity index (χ4v) is 3.53. The zero-order valence-corrected chi connectivity index (χ0v) is 17.4. The van der Waals surface area contributed by atoms with Gasteiger partial charge in [0.15, 0.2) is 17.2 Å². The molecule has 0 spiro atoms. The van der Waals surface area contributed by atoms with Gasteiger partial charge >= 0.3 is 5.97 Å². The Morgan fingerprint density at radius 3 is 2.78 bits per heavy atom. The number of hydrogen-bond donors (Lipinski definition) is 2. The molecule has 2 heterocycles. The lowest BCUT2D eigenvalue weighted by Crippen LogP contribution is -2.31. The average Bonchev–Trinajstić information content (AvgIpc) is 3.32. The molecule has 0 fully saturated rings. The molecule has 1 aromatic heterocycles. The van der Waals surface area contributed by atoms with Gasteiger partial charge in [-0.2, -0.15) is 0 Å². The molecule has 2 aromatic carbocycles. The molecule has 32 heavy (non-hydrogen) atoms. The first-order chi connectivity index (χ1) is 15.3. The van der Waals surface area contributed by atoms with Gasteiger partial charge in [0.25, 0.3) is 5.91 Å². The summed E-state index contributed by atoms with van der Waals surface area (Å²) in [6.45, 7) is -0.196. The topological polar surface area (TPSA) is 105 Å². The van der Waals surface area contributed by atoms with Crippen LogP contribution >= 0.6 is 11.6 Å². The van der Waals surface area contributed by atoms with E-state index in [2.05, 4.69) is 10.3 Å². The van der Waals surface area contributed by atoms with Crippen molar-refractivity contribution in [1.82, 2.24) is 9.88 Å². The van der Waals surface area contributed by atoms with Crippen LogP contribution in [0.2, 0.25) is 5.02 Å². The van der Waals surface area contributed by atoms with Crippen LogP contribution in [0, 0.1) is 11.6 Å². The minimum absolute atomic E-state index is 0.000612. The van der Waals surface area contributed by atoms with Crippen LogP contribution in [0.5, 0.6) is 0 Å². The van der Waals surface area contributed by atoms with E-state index in [1.165, 1.54) is 12.0 Å². The fourth-order valence-electron chi connectivity index (χ4n) is 3.30. The predicted molar refractivity (Wildman–Crippen MR) is 111 cm³/mol. The van der Waals surface area contributed by atoms with Crippen molar-refractivity contribution in [2.75, 3.05) is 32.1 Å². The number of carbonyl (C=O) groups excluding carboxylic acids is 2. The van der Waals surface area contributed by atoms with Crippen molar-refractivity contribution >= 4 is 40.3 Å². The van der Waals surface area contributed by atoms with E-state index in [1.807, 2.05) is 0 Å². The number of anilines is 1. The number of aromatic nitrogens is 1. The molecule has 1 aliphatic heterocycles. The summed E-state index contributed by atoms with van der Waals surface area (Å²) >= 11 is 5.99. The highest BCUT2D eigenvalue weighted by molar-refractivity contribution is 6.33. The molecule has 4 rings (SSSR count). The normalized spacial score (nSPS) is 13.9. The molecule has 2 N–H and O–H groups in total. The Balaban J connectivity index is 1.68. The summed E-state index contributed by atoms with van der Waals surface area (Å²) in [7, 11) is 1.21. The number of nitrogens with zero attached hydrogens (tertiary/aromatic N) is 2. The number of carbonyl (C=O) groups is 2. The van der Waals surface area contributed by atoms with E-state index < -0.39 is 23.5 Å². The summed E-state index contributed by atoms with van der Waals surface area (Å²) in [5.74, 6) is -3.33. The van der Waals surface area contributed by atoms with Crippen molar-refractivity contribution < 1.29 is 32.6 Å². The van der Waals surface area contributed by atoms with Crippen molar-refractivity contribution in [3.05, 3.63) is 58.3 Å². The van der Waals surface area contributed by atoms with Crippen LogP contribution in [0.3, 0.4) is 0 Å². The summed E-state index contributed by atoms with van der Waals surface area (Å²) in [5.41, 5.74) is 1.34. The number of oxazole rings is 1. The molecule has 0 atom stereocenters. The summed E-state index contributed by atoms with van der Waals surface area (Å²) in [6, 6.07) is 6.43. The number of benzene rings is 2. The van der Waals surface area contributed by atoms with Gasteiger partial charge in [0.1, 0.15) is 11.2 Å². The lowest BCUT2D eigenvalue weighted by molar-refractivity contribution is -0.136. The van der Waals surface area contributed by atoms with Crippen LogP contribution in [0.4, 0.5) is 14.5 Å². The summed E-state index contributed by atoms with van der Waals surface area (Å²) in [4.78, 5) is 30.3. The van der Waals surface area contributed by atoms with Crippen molar-refractivity contribution in [2.24, 2.45) is 0 Å². The Bertz CT molecular complexity index is 1270. The van der Waals surface area contributed by atoms with Crippen LogP contribution < -0.4 is 5.32 Å². The van der Waals surface area contributed by atoms with E-state index in [0.29, 0.717) is 16.8 Å². The first-order valence-electron chi connectivity index (χ1n) is 9.36. The molecule has 3 aromatic rings. The van der Waals surface area contributed by atoms with Crippen molar-refractivity contribution in [3.8, 4) is 11.5 Å². The number of aliphatic hydroxyl groups excluding tert-OH is 1. The molecule has 0 bridgehead atoms. The van der Waals surface area contributed by atoms with Gasteiger partial charge in [0.2, 0.25) is 5.89 Å². The second kappa shape index (κ2) is 8.56. The third-order valence-corrected chi connectivity index (χ3v) is 5.16. The predicted octanol–water partition coefficient (Wildman–Crippen LogP) is 3.10. The van der Waals surface area contributed by atoms with E-state index in [4.69, 9.17) is 25.9 Å². The molecule has 166 valence electrons. The molecule has 1 aliphatic rings. The van der Waals surface area contributed by atoms with Crippen LogP contribution in [0.25, 0.3) is 22.6 Å². The summed E-state index contributed by atoms with van der Waals surface area (Å²) in [6.07, 6.45) is 0. The van der Waals surface area contributed by atoms with Crippen LogP contribution in [0.15, 0.2) is 46.0 Å². The largest absolute Gasteiger partial charge is 0.466 e. The highest BCUT2D eigenvalue weighted by Gasteiger charge is 2.34. The zero-order chi connectivity index (χ0) is 23.0. The Labute approximate surface area is 185 Å². The molecule has 0 unspecified atom stereocenters. The first-order valence-corrected chi connectivity index (χ1v) is 9.74. The number of fused-ring (bicyclic) bond motifs is 1. The number of β-amino-alcohol motifs (C(OH)–C–C–N with tert-alkyl or cyclic N) is 1. The zero-order valence-electron chi connectivity index (χ0n) is 16.6. The third kappa shape index (κ3) is 3.90. The van der Waals surface area contributed by atoms with E-state index in [0.717, 1.165) is 12.1 Å². The number of aliphatic hydroxyl groups is 1. The quantitative estimate of drug-likeness (QED) is 0.427. The lowest BCUT2D eigenvalue weighted by atomic mass is 10.2. The number of ether oxygens (including phenoxy) is 1. The van der Waals surface area contributed by atoms with Gasteiger partial charge in [-0.15, -0.1) is 0 Å². The number of methoxy groups -OCH3 is 1. The number of halogens is 3. The van der Waals surface area contributed by atoms with E-state index >= 15 is 0 Å². The van der Waals surface area contributed by atoms with Gasteiger partial charge in [-0.1, -0.05) is 11.6 Å². The molecular weight excluding hydrogens is 448 g/mol. The highest BCUT2D eigenvalue weighted by Crippen LogP contribution is 2.33. The molecule has 8 nitrogen and oxygen atoms in total. The van der Waals surface area contributed by atoms with Gasteiger partial charge in [-0.25, -0.2) is 18.6 Å². The summed E-state index contributed by atoms with van der Waals surface area (Å²) in [5, 5.41) is 12.0. The Hall–Kier alpha value is -3.50. The van der Waals surface area contributed by atoms with Gasteiger partial charge in [0.05, 0.1) is 36.4 Å². The van der Waals surface area contributed by atoms with Crippen LogP contribution in [-0.2, 0) is 14.3 Å². The van der Waals surface area contributed by atoms with E-state index in [1.54, 1.807) is 18.2 Å². The Morgan fingerprint density at radius 1 is 1.31 bits per heavy atom. The number of amides is 1. The minimum atomic E-state index is -1.09. The molecular formula is C21H16ClF2N3O5. The van der Waals surface area contributed by atoms with Crippen LogP contribution in [-0.4, -0.2) is 53.7 Å². The van der Waals surface area contributed by atoms with Gasteiger partial charge < -0.3 is 24.5 Å². The third-order valence-electron chi connectivity index (χ3n) is 4.85. The van der Waals surface area contributed by atoms with Crippen LogP contribution in [0.1, 0.15) is 0 Å². The monoisotopic (exact) mass is 463 g/mol. The molecule has 0 saturated carbocycles. The lowest BCUT2D eigenvalue weighted by Gasteiger charge is -2.14. The van der Waals surface area contributed by atoms with Gasteiger partial charge in [-0.05, 0) is 30.3 Å². The van der Waals surface area contributed by atoms with E-state index in [9.17, 15) is 18.4 Å². The smallest absolute Gasteiger partial charge is 0.337 e. The second-order valence-electron chi connectivity index (χ2n) is 6.87. The highest BCUT2D eigenvalue weighted by atomic mass is 35.5. The Kier molecular flexibility index (Phi) is 5.81. The average molecular weight is 464 g/mol. The number of hydrogen-bond acceptors (Lipinski definition) is 7.